The summed E-state index contributed by atoms with van der Waals surface area (Å²) in [7, 11) is 0. The van der Waals surface area contributed by atoms with Crippen LogP contribution in [0.15, 0.2) is 24.3 Å². The van der Waals surface area contributed by atoms with Gasteiger partial charge in [0.15, 0.2) is 0 Å². The summed E-state index contributed by atoms with van der Waals surface area (Å²) in [4.78, 5) is 13.3. The number of carboxylic acid groups (broad SMARTS) is 1. The number of hydrogen-bond donors (Lipinski definition) is 1. The predicted octanol–water partition coefficient (Wildman–Crippen LogP) is 3.08. The number of benzene rings is 1. The molecule has 1 aromatic rings. The maximum atomic E-state index is 11.3. The summed E-state index contributed by atoms with van der Waals surface area (Å²) >= 11 is 0. The first-order chi connectivity index (χ1) is 9.49. The van der Waals surface area contributed by atoms with E-state index in [2.05, 4.69) is 11.8 Å². The Morgan fingerprint density at radius 3 is 2.50 bits per heavy atom. The van der Waals surface area contributed by atoms with Crippen LogP contribution in [0.5, 0.6) is 5.75 Å². The van der Waals surface area contributed by atoms with Crippen molar-refractivity contribution in [3.63, 3.8) is 0 Å². The van der Waals surface area contributed by atoms with E-state index in [0.29, 0.717) is 0 Å². The molecule has 20 heavy (non-hydrogen) atoms. The molecule has 1 aliphatic rings. The van der Waals surface area contributed by atoms with E-state index in [1.807, 2.05) is 38.1 Å². The highest BCUT2D eigenvalue weighted by Crippen LogP contribution is 2.30. The maximum absolute atomic E-state index is 11.3. The van der Waals surface area contributed by atoms with Crippen LogP contribution in [-0.4, -0.2) is 34.7 Å². The van der Waals surface area contributed by atoms with Gasteiger partial charge in [-0.3, -0.25) is 9.69 Å². The van der Waals surface area contributed by atoms with Gasteiger partial charge in [0.25, 0.3) is 0 Å². The number of hydrogen-bond acceptors (Lipinski definition) is 3. The molecule has 2 unspecified atom stereocenters. The van der Waals surface area contributed by atoms with E-state index in [1.54, 1.807) is 0 Å². The molecule has 1 saturated heterocycles. The molecule has 4 heteroatoms. The number of rotatable bonds is 5. The first-order valence-electron chi connectivity index (χ1n) is 7.24. The predicted molar refractivity (Wildman–Crippen MR) is 78.0 cm³/mol. The van der Waals surface area contributed by atoms with Crippen LogP contribution in [0.3, 0.4) is 0 Å². The normalized spacial score (nSPS) is 21.1. The molecule has 4 nitrogen and oxygen atoms in total. The fourth-order valence-electron chi connectivity index (χ4n) is 2.81. The van der Waals surface area contributed by atoms with Gasteiger partial charge >= 0.3 is 5.97 Å². The Kier molecular flexibility index (Phi) is 4.65. The molecule has 0 saturated carbocycles. The van der Waals surface area contributed by atoms with E-state index in [1.165, 1.54) is 0 Å². The second kappa shape index (κ2) is 6.27. The van der Waals surface area contributed by atoms with Gasteiger partial charge in [-0.25, -0.2) is 0 Å². The van der Waals surface area contributed by atoms with Crippen molar-refractivity contribution in [2.45, 2.75) is 51.8 Å². The molecule has 1 aromatic carbocycles. The smallest absolute Gasteiger partial charge is 0.320 e. The Bertz CT molecular complexity index is 455. The fraction of sp³-hybridized carbons (Fsp3) is 0.562. The maximum Gasteiger partial charge on any atom is 0.320 e. The van der Waals surface area contributed by atoms with Gasteiger partial charge < -0.3 is 9.84 Å². The second-order valence-corrected chi connectivity index (χ2v) is 5.65. The third-order valence-corrected chi connectivity index (χ3v) is 3.81. The number of nitrogens with zero attached hydrogens (tertiary/aromatic N) is 1. The molecule has 1 N–H and O–H groups in total. The van der Waals surface area contributed by atoms with Gasteiger partial charge in [-0.15, -0.1) is 0 Å². The average molecular weight is 277 g/mol. The lowest BCUT2D eigenvalue weighted by Crippen LogP contribution is -2.37. The summed E-state index contributed by atoms with van der Waals surface area (Å²) in [5, 5.41) is 9.26. The minimum Gasteiger partial charge on any atom is -0.491 e. The minimum absolute atomic E-state index is 0.117. The first-order valence-corrected chi connectivity index (χ1v) is 7.24. The van der Waals surface area contributed by atoms with Gasteiger partial charge in [0, 0.05) is 6.04 Å². The van der Waals surface area contributed by atoms with Crippen LogP contribution in [0.25, 0.3) is 0 Å². The zero-order valence-electron chi connectivity index (χ0n) is 12.4. The van der Waals surface area contributed by atoms with Crippen molar-refractivity contribution in [3.05, 3.63) is 29.8 Å². The van der Waals surface area contributed by atoms with E-state index in [-0.39, 0.29) is 18.2 Å². The van der Waals surface area contributed by atoms with Crippen LogP contribution in [0.4, 0.5) is 0 Å². The number of likely N-dealkylation sites (tertiary alicyclic amines) is 1. The highest BCUT2D eigenvalue weighted by molar-refractivity contribution is 5.73. The van der Waals surface area contributed by atoms with Crippen LogP contribution in [0.1, 0.15) is 45.2 Å². The number of aliphatic carboxylic acids is 1. The van der Waals surface area contributed by atoms with Crippen molar-refractivity contribution >= 4 is 5.97 Å². The SMILES string of the molecule is CC(C)Oc1ccc(C(C)N2CCCC2C(=O)O)cc1. The van der Waals surface area contributed by atoms with Gasteiger partial charge in [-0.1, -0.05) is 12.1 Å². The van der Waals surface area contributed by atoms with Crippen LogP contribution in [-0.2, 0) is 4.79 Å². The molecule has 1 heterocycles. The second-order valence-electron chi connectivity index (χ2n) is 5.65. The third-order valence-electron chi connectivity index (χ3n) is 3.81. The molecular weight excluding hydrogens is 254 g/mol. The summed E-state index contributed by atoms with van der Waals surface area (Å²) in [6.07, 6.45) is 1.86. The quantitative estimate of drug-likeness (QED) is 0.898. The molecule has 0 radical (unpaired) electrons. The molecular formula is C16H23NO3. The zero-order valence-corrected chi connectivity index (χ0v) is 12.4. The van der Waals surface area contributed by atoms with Crippen molar-refractivity contribution in [1.29, 1.82) is 0 Å². The summed E-state index contributed by atoms with van der Waals surface area (Å²) in [5.41, 5.74) is 1.13. The topological polar surface area (TPSA) is 49.8 Å². The zero-order chi connectivity index (χ0) is 14.7. The lowest BCUT2D eigenvalue weighted by Gasteiger charge is -2.28. The van der Waals surface area contributed by atoms with Crippen LogP contribution in [0, 0.1) is 0 Å². The van der Waals surface area contributed by atoms with Gasteiger partial charge in [0.2, 0.25) is 0 Å². The third kappa shape index (κ3) is 3.31. The Morgan fingerprint density at radius 2 is 1.95 bits per heavy atom. The highest BCUT2D eigenvalue weighted by atomic mass is 16.5. The summed E-state index contributed by atoms with van der Waals surface area (Å²) in [6.45, 7) is 6.92. The lowest BCUT2D eigenvalue weighted by molar-refractivity contribution is -0.142. The Balaban J connectivity index is 2.08. The lowest BCUT2D eigenvalue weighted by atomic mass is 10.1. The highest BCUT2D eigenvalue weighted by Gasteiger charge is 2.33. The molecule has 1 aliphatic heterocycles. The summed E-state index contributed by atoms with van der Waals surface area (Å²) in [6, 6.07) is 7.73. The van der Waals surface area contributed by atoms with E-state index >= 15 is 0 Å². The minimum atomic E-state index is -0.714. The van der Waals surface area contributed by atoms with E-state index in [0.717, 1.165) is 30.7 Å². The summed E-state index contributed by atoms with van der Waals surface area (Å²) < 4.78 is 5.63. The Labute approximate surface area is 120 Å². The molecule has 1 fully saturated rings. The molecule has 2 atom stereocenters. The van der Waals surface area contributed by atoms with Gasteiger partial charge in [0.1, 0.15) is 11.8 Å². The molecule has 0 amide bonds. The molecule has 0 spiro atoms. The van der Waals surface area contributed by atoms with Gasteiger partial charge in [-0.2, -0.15) is 0 Å². The standard InChI is InChI=1S/C16H23NO3/c1-11(2)20-14-8-6-13(7-9-14)12(3)17-10-4-5-15(17)16(18)19/h6-9,11-12,15H,4-5,10H2,1-3H3,(H,18,19). The van der Waals surface area contributed by atoms with Crippen LogP contribution in [0.2, 0.25) is 0 Å². The number of carbonyl (C=O) groups is 1. The Morgan fingerprint density at radius 1 is 1.30 bits per heavy atom. The fourth-order valence-corrected chi connectivity index (χ4v) is 2.81. The van der Waals surface area contributed by atoms with E-state index in [9.17, 15) is 9.90 Å². The van der Waals surface area contributed by atoms with Crippen molar-refractivity contribution in [1.82, 2.24) is 4.90 Å². The van der Waals surface area contributed by atoms with Crippen molar-refractivity contribution in [2.75, 3.05) is 6.54 Å². The van der Waals surface area contributed by atoms with E-state index in [4.69, 9.17) is 4.74 Å². The molecule has 0 aliphatic carbocycles. The Hall–Kier alpha value is -1.55. The van der Waals surface area contributed by atoms with E-state index < -0.39 is 5.97 Å². The molecule has 0 aromatic heterocycles. The first kappa shape index (κ1) is 14.9. The number of carboxylic acids is 1. The van der Waals surface area contributed by atoms with Gasteiger partial charge in [-0.05, 0) is 57.9 Å². The van der Waals surface area contributed by atoms with Gasteiger partial charge in [0.05, 0.1) is 6.10 Å². The average Bonchev–Trinajstić information content (AvgIpc) is 2.87. The van der Waals surface area contributed by atoms with Crippen molar-refractivity contribution in [2.24, 2.45) is 0 Å². The monoisotopic (exact) mass is 277 g/mol. The molecule has 0 bridgehead atoms. The van der Waals surface area contributed by atoms with Crippen molar-refractivity contribution < 1.29 is 14.6 Å². The molecule has 110 valence electrons. The summed E-state index contributed by atoms with van der Waals surface area (Å²) in [5.74, 6) is 0.140. The van der Waals surface area contributed by atoms with Crippen molar-refractivity contribution in [3.8, 4) is 5.75 Å². The molecule has 2 rings (SSSR count). The largest absolute Gasteiger partial charge is 0.491 e. The van der Waals surface area contributed by atoms with Crippen LogP contribution < -0.4 is 4.74 Å². The van der Waals surface area contributed by atoms with Crippen LogP contribution >= 0.6 is 0 Å². The number of ether oxygens (including phenoxy) is 1.